The Morgan fingerprint density at radius 1 is 1.00 bits per heavy atom. The summed E-state index contributed by atoms with van der Waals surface area (Å²) < 4.78 is 0. The Bertz CT molecular complexity index is 719. The van der Waals surface area contributed by atoms with Crippen molar-refractivity contribution in [2.45, 2.75) is 57.0 Å². The van der Waals surface area contributed by atoms with Crippen molar-refractivity contribution < 1.29 is 4.79 Å². The molecule has 1 amide bonds. The van der Waals surface area contributed by atoms with Gasteiger partial charge in [0.2, 0.25) is 0 Å². The predicted molar refractivity (Wildman–Crippen MR) is 109 cm³/mol. The maximum Gasteiger partial charge on any atom is 0.262 e. The molecule has 0 radical (unpaired) electrons. The fourth-order valence-corrected chi connectivity index (χ4v) is 5.26. The summed E-state index contributed by atoms with van der Waals surface area (Å²) in [5.74, 6) is 0.0894. The van der Waals surface area contributed by atoms with E-state index in [1.807, 2.05) is 23.6 Å². The van der Waals surface area contributed by atoms with Gasteiger partial charge in [-0.2, -0.15) is 0 Å². The lowest BCUT2D eigenvalue weighted by atomic mass is 10.1. The number of rotatable bonds is 4. The van der Waals surface area contributed by atoms with Crippen LogP contribution in [0.15, 0.2) is 41.8 Å². The van der Waals surface area contributed by atoms with E-state index in [1.54, 1.807) is 11.3 Å². The van der Waals surface area contributed by atoms with Gasteiger partial charge in [-0.1, -0.05) is 56.0 Å². The maximum atomic E-state index is 12.9. The minimum absolute atomic E-state index is 0.0894. The van der Waals surface area contributed by atoms with Gasteiger partial charge >= 0.3 is 0 Å². The van der Waals surface area contributed by atoms with Crippen LogP contribution >= 0.6 is 11.3 Å². The first-order chi connectivity index (χ1) is 12.8. The SMILES string of the molecule is O=C(NC1CCN(C2CCCCCC2)C1)c1sccc1-c1ccccc1. The quantitative estimate of drug-likeness (QED) is 0.775. The number of nitrogens with zero attached hydrogens (tertiary/aromatic N) is 1. The van der Waals surface area contributed by atoms with Crippen molar-refractivity contribution in [1.29, 1.82) is 0 Å². The summed E-state index contributed by atoms with van der Waals surface area (Å²) in [5.41, 5.74) is 2.16. The van der Waals surface area contributed by atoms with Gasteiger partial charge in [-0.15, -0.1) is 11.3 Å². The molecule has 1 aliphatic carbocycles. The summed E-state index contributed by atoms with van der Waals surface area (Å²) >= 11 is 1.54. The van der Waals surface area contributed by atoms with E-state index in [-0.39, 0.29) is 11.9 Å². The van der Waals surface area contributed by atoms with E-state index in [0.29, 0.717) is 0 Å². The Labute approximate surface area is 160 Å². The third kappa shape index (κ3) is 4.02. The van der Waals surface area contributed by atoms with Crippen molar-refractivity contribution in [2.75, 3.05) is 13.1 Å². The van der Waals surface area contributed by atoms with Crippen molar-refractivity contribution in [1.82, 2.24) is 10.2 Å². The smallest absolute Gasteiger partial charge is 0.262 e. The molecule has 1 N–H and O–H groups in total. The third-order valence-corrected chi connectivity index (χ3v) is 6.77. The van der Waals surface area contributed by atoms with Gasteiger partial charge in [-0.3, -0.25) is 9.69 Å². The molecule has 3 nitrogen and oxygen atoms in total. The summed E-state index contributed by atoms with van der Waals surface area (Å²) in [7, 11) is 0. The minimum atomic E-state index is 0.0894. The average molecular weight is 369 g/mol. The predicted octanol–water partition coefficient (Wildman–Crippen LogP) is 4.94. The molecule has 1 saturated heterocycles. The molecule has 26 heavy (non-hydrogen) atoms. The maximum absolute atomic E-state index is 12.9. The lowest BCUT2D eigenvalue weighted by Crippen LogP contribution is -2.39. The van der Waals surface area contributed by atoms with Crippen LogP contribution in [0.4, 0.5) is 0 Å². The molecule has 2 aliphatic rings. The van der Waals surface area contributed by atoms with Crippen LogP contribution in [0.1, 0.15) is 54.6 Å². The van der Waals surface area contributed by atoms with E-state index >= 15 is 0 Å². The van der Waals surface area contributed by atoms with E-state index in [1.165, 1.54) is 38.5 Å². The summed E-state index contributed by atoms with van der Waals surface area (Å²) in [5, 5.41) is 5.32. The highest BCUT2D eigenvalue weighted by Gasteiger charge is 2.30. The second-order valence-electron chi connectivity index (χ2n) is 7.63. The highest BCUT2D eigenvalue weighted by atomic mass is 32.1. The zero-order valence-electron chi connectivity index (χ0n) is 15.3. The summed E-state index contributed by atoms with van der Waals surface area (Å²) in [4.78, 5) is 16.3. The minimum Gasteiger partial charge on any atom is -0.347 e. The number of benzene rings is 1. The number of carbonyl (C=O) groups excluding carboxylic acids is 1. The molecule has 4 rings (SSSR count). The van der Waals surface area contributed by atoms with Crippen LogP contribution in [0.5, 0.6) is 0 Å². The molecular formula is C22H28N2OS. The Morgan fingerprint density at radius 3 is 2.54 bits per heavy atom. The molecule has 0 bridgehead atoms. The van der Waals surface area contributed by atoms with Crippen LogP contribution in [-0.2, 0) is 0 Å². The molecule has 138 valence electrons. The molecular weight excluding hydrogens is 340 g/mol. The Hall–Kier alpha value is -1.65. The van der Waals surface area contributed by atoms with Crippen molar-refractivity contribution in [3.63, 3.8) is 0 Å². The Morgan fingerprint density at radius 2 is 1.77 bits per heavy atom. The average Bonchev–Trinajstić information content (AvgIpc) is 3.26. The van der Waals surface area contributed by atoms with Crippen molar-refractivity contribution >= 4 is 17.2 Å². The number of carbonyl (C=O) groups is 1. The fourth-order valence-electron chi connectivity index (χ4n) is 4.44. The lowest BCUT2D eigenvalue weighted by molar-refractivity contribution is 0.0940. The van der Waals surface area contributed by atoms with Gasteiger partial charge in [0, 0.05) is 30.7 Å². The first-order valence-corrected chi connectivity index (χ1v) is 10.9. The van der Waals surface area contributed by atoms with E-state index in [0.717, 1.165) is 41.6 Å². The monoisotopic (exact) mass is 368 g/mol. The highest BCUT2D eigenvalue weighted by Crippen LogP contribution is 2.29. The van der Waals surface area contributed by atoms with Crippen LogP contribution in [0.2, 0.25) is 0 Å². The first kappa shape index (κ1) is 17.7. The number of amides is 1. The van der Waals surface area contributed by atoms with Gasteiger partial charge < -0.3 is 5.32 Å². The highest BCUT2D eigenvalue weighted by molar-refractivity contribution is 7.12. The van der Waals surface area contributed by atoms with Crippen LogP contribution in [0.25, 0.3) is 11.1 Å². The topological polar surface area (TPSA) is 32.3 Å². The summed E-state index contributed by atoms with van der Waals surface area (Å²) in [6.07, 6.45) is 9.28. The second kappa shape index (κ2) is 8.36. The molecule has 1 aliphatic heterocycles. The largest absolute Gasteiger partial charge is 0.347 e. The van der Waals surface area contributed by atoms with Crippen molar-refractivity contribution in [3.05, 3.63) is 46.7 Å². The normalized spacial score (nSPS) is 22.2. The second-order valence-corrected chi connectivity index (χ2v) is 8.54. The van der Waals surface area contributed by atoms with Gasteiger partial charge in [-0.25, -0.2) is 0 Å². The molecule has 1 aromatic carbocycles. The van der Waals surface area contributed by atoms with Gasteiger partial charge in [-0.05, 0) is 36.3 Å². The van der Waals surface area contributed by atoms with Gasteiger partial charge in [0.25, 0.3) is 5.91 Å². The molecule has 2 aromatic rings. The van der Waals surface area contributed by atoms with Crippen LogP contribution in [-0.4, -0.2) is 36.0 Å². The number of nitrogens with one attached hydrogen (secondary N) is 1. The zero-order valence-corrected chi connectivity index (χ0v) is 16.1. The molecule has 1 aromatic heterocycles. The molecule has 1 unspecified atom stereocenters. The molecule has 2 heterocycles. The Balaban J connectivity index is 1.38. The van der Waals surface area contributed by atoms with Gasteiger partial charge in [0.1, 0.15) is 0 Å². The molecule has 0 spiro atoms. The van der Waals surface area contributed by atoms with Gasteiger partial charge in [0.05, 0.1) is 4.88 Å². The zero-order chi connectivity index (χ0) is 17.8. The Kier molecular flexibility index (Phi) is 5.71. The van der Waals surface area contributed by atoms with Crippen LogP contribution < -0.4 is 5.32 Å². The number of thiophene rings is 1. The van der Waals surface area contributed by atoms with Crippen LogP contribution in [0, 0.1) is 0 Å². The summed E-state index contributed by atoms with van der Waals surface area (Å²) in [6.45, 7) is 2.15. The van der Waals surface area contributed by atoms with E-state index in [9.17, 15) is 4.79 Å². The molecule has 1 saturated carbocycles. The number of hydrogen-bond donors (Lipinski definition) is 1. The van der Waals surface area contributed by atoms with Crippen LogP contribution in [0.3, 0.4) is 0 Å². The van der Waals surface area contributed by atoms with Crippen molar-refractivity contribution in [2.24, 2.45) is 0 Å². The lowest BCUT2D eigenvalue weighted by Gasteiger charge is -2.26. The van der Waals surface area contributed by atoms with Crippen molar-refractivity contribution in [3.8, 4) is 11.1 Å². The summed E-state index contributed by atoms with van der Waals surface area (Å²) in [6, 6.07) is 13.3. The van der Waals surface area contributed by atoms with E-state index in [4.69, 9.17) is 0 Å². The number of hydrogen-bond acceptors (Lipinski definition) is 3. The molecule has 1 atom stereocenters. The third-order valence-electron chi connectivity index (χ3n) is 5.85. The standard InChI is InChI=1S/C22H28N2OS/c25-22(21-20(13-15-26-21)17-8-4-3-5-9-17)23-18-12-14-24(16-18)19-10-6-1-2-7-11-19/h3-5,8-9,13,15,18-19H,1-2,6-7,10-12,14,16H2,(H,23,25). The molecule has 2 fully saturated rings. The van der Waals surface area contributed by atoms with E-state index in [2.05, 4.69) is 28.4 Å². The van der Waals surface area contributed by atoms with Gasteiger partial charge in [0.15, 0.2) is 0 Å². The molecule has 4 heteroatoms. The number of likely N-dealkylation sites (tertiary alicyclic amines) is 1. The fraction of sp³-hybridized carbons (Fsp3) is 0.500. The first-order valence-electron chi connectivity index (χ1n) is 9.99. The van der Waals surface area contributed by atoms with E-state index < -0.39 is 0 Å².